The van der Waals surface area contributed by atoms with Gasteiger partial charge in [0, 0.05) is 24.7 Å². The maximum Gasteiger partial charge on any atom is 0.418 e. The molecule has 2 heterocycles. The zero-order valence-electron chi connectivity index (χ0n) is 19.3. The van der Waals surface area contributed by atoms with E-state index < -0.39 is 23.0 Å². The van der Waals surface area contributed by atoms with Crippen LogP contribution in [-0.2, 0) is 24.1 Å². The minimum absolute atomic E-state index is 0.157. The average Bonchev–Trinajstić information content (AvgIpc) is 2.86. The Kier molecular flexibility index (Phi) is 7.19. The van der Waals surface area contributed by atoms with Gasteiger partial charge in [-0.1, -0.05) is 60.7 Å². The topological polar surface area (TPSA) is 60.5 Å². The number of hydrogen-bond donors (Lipinski definition) is 1. The van der Waals surface area contributed by atoms with Crippen LogP contribution < -0.4 is 11.3 Å². The fourth-order valence-electron chi connectivity index (χ4n) is 4.44. The molecule has 1 fully saturated rings. The highest BCUT2D eigenvalue weighted by Crippen LogP contribution is 2.36. The first-order valence-corrected chi connectivity index (χ1v) is 11.5. The van der Waals surface area contributed by atoms with E-state index in [9.17, 15) is 18.0 Å². The molecule has 2 N–H and O–H groups in total. The standard InChI is InChI=1S/C27H28F3N3O2/c1-19(35-18-21-10-6-3-7-11-21)32-14-12-22(13-15-32)24-16-23(27(28,29)30)25(31)26(34)33(24)17-20-8-4-2-5-9-20/h2-11,16,22H,1,12-15,17-18,31H2. The Morgan fingerprint density at radius 1 is 1.00 bits per heavy atom. The minimum Gasteiger partial charge on any atom is -0.475 e. The Labute approximate surface area is 202 Å². The molecule has 0 aliphatic carbocycles. The number of rotatable bonds is 7. The molecule has 0 atom stereocenters. The van der Waals surface area contributed by atoms with Crippen molar-refractivity contribution >= 4 is 5.69 Å². The Bertz CT molecular complexity index is 1220. The molecule has 1 saturated heterocycles. The zero-order valence-corrected chi connectivity index (χ0v) is 19.3. The van der Waals surface area contributed by atoms with Gasteiger partial charge in [0.25, 0.3) is 5.56 Å². The van der Waals surface area contributed by atoms with Crippen molar-refractivity contribution in [3.63, 3.8) is 0 Å². The van der Waals surface area contributed by atoms with Crippen molar-refractivity contribution in [2.75, 3.05) is 18.8 Å². The van der Waals surface area contributed by atoms with Gasteiger partial charge in [0.2, 0.25) is 0 Å². The van der Waals surface area contributed by atoms with Gasteiger partial charge in [-0.15, -0.1) is 0 Å². The van der Waals surface area contributed by atoms with Crippen LogP contribution in [0.15, 0.2) is 84.0 Å². The lowest BCUT2D eigenvalue weighted by atomic mass is 9.91. The molecule has 184 valence electrons. The van der Waals surface area contributed by atoms with Crippen LogP contribution in [0.5, 0.6) is 0 Å². The number of nitrogens with two attached hydrogens (primary N) is 1. The zero-order chi connectivity index (χ0) is 25.0. The van der Waals surface area contributed by atoms with E-state index in [-0.39, 0.29) is 12.5 Å². The van der Waals surface area contributed by atoms with E-state index >= 15 is 0 Å². The summed E-state index contributed by atoms with van der Waals surface area (Å²) in [5, 5.41) is 0. The molecule has 0 unspecified atom stereocenters. The number of halogens is 3. The van der Waals surface area contributed by atoms with Crippen molar-refractivity contribution in [2.24, 2.45) is 0 Å². The molecule has 0 spiro atoms. The molecule has 0 amide bonds. The third kappa shape index (κ3) is 5.70. The predicted molar refractivity (Wildman–Crippen MR) is 130 cm³/mol. The molecule has 4 rings (SSSR count). The van der Waals surface area contributed by atoms with Gasteiger partial charge in [-0.2, -0.15) is 13.2 Å². The first-order valence-electron chi connectivity index (χ1n) is 11.5. The summed E-state index contributed by atoms with van der Waals surface area (Å²) in [6, 6.07) is 19.9. The number of pyridine rings is 1. The minimum atomic E-state index is -4.70. The van der Waals surface area contributed by atoms with Gasteiger partial charge in [-0.25, -0.2) is 0 Å². The number of hydrogen-bond acceptors (Lipinski definition) is 4. The number of piperidine rings is 1. The van der Waals surface area contributed by atoms with Crippen molar-refractivity contribution in [1.82, 2.24) is 9.47 Å². The monoisotopic (exact) mass is 483 g/mol. The number of likely N-dealkylation sites (tertiary alicyclic amines) is 1. The largest absolute Gasteiger partial charge is 0.475 e. The first-order chi connectivity index (χ1) is 16.7. The molecule has 1 aromatic heterocycles. The molecule has 1 aliphatic heterocycles. The van der Waals surface area contributed by atoms with E-state index in [2.05, 4.69) is 6.58 Å². The third-order valence-electron chi connectivity index (χ3n) is 6.37. The molecular formula is C27H28F3N3O2. The summed E-state index contributed by atoms with van der Waals surface area (Å²) in [6.45, 7) is 5.69. The summed E-state index contributed by atoms with van der Waals surface area (Å²) in [6.07, 6.45) is -3.59. The molecular weight excluding hydrogens is 455 g/mol. The Morgan fingerprint density at radius 2 is 1.57 bits per heavy atom. The van der Waals surface area contributed by atoms with E-state index in [1.54, 1.807) is 0 Å². The van der Waals surface area contributed by atoms with Crippen LogP contribution in [0, 0.1) is 0 Å². The number of nitrogens with zero attached hydrogens (tertiary/aromatic N) is 2. The number of anilines is 1. The summed E-state index contributed by atoms with van der Waals surface area (Å²) in [5.74, 6) is 0.300. The SMILES string of the molecule is C=C(OCc1ccccc1)N1CCC(c2cc(C(F)(F)F)c(N)c(=O)n2Cc2ccccc2)CC1. The molecule has 0 bridgehead atoms. The van der Waals surface area contributed by atoms with Crippen LogP contribution in [0.2, 0.25) is 0 Å². The van der Waals surface area contributed by atoms with Crippen LogP contribution in [0.3, 0.4) is 0 Å². The summed E-state index contributed by atoms with van der Waals surface area (Å²) >= 11 is 0. The number of ether oxygens (including phenoxy) is 1. The molecule has 35 heavy (non-hydrogen) atoms. The highest BCUT2D eigenvalue weighted by molar-refractivity contribution is 5.48. The fraction of sp³-hybridized carbons (Fsp3) is 0.296. The summed E-state index contributed by atoms with van der Waals surface area (Å²) < 4.78 is 48.2. The van der Waals surface area contributed by atoms with Gasteiger partial charge < -0.3 is 19.9 Å². The van der Waals surface area contributed by atoms with Gasteiger partial charge in [0.15, 0.2) is 5.88 Å². The fourth-order valence-corrected chi connectivity index (χ4v) is 4.44. The maximum absolute atomic E-state index is 13.7. The van der Waals surface area contributed by atoms with E-state index in [4.69, 9.17) is 10.5 Å². The Balaban J connectivity index is 1.54. The number of aromatic nitrogens is 1. The van der Waals surface area contributed by atoms with Crippen LogP contribution in [0.4, 0.5) is 18.9 Å². The first kappa shape index (κ1) is 24.4. The second-order valence-electron chi connectivity index (χ2n) is 8.70. The van der Waals surface area contributed by atoms with Crippen molar-refractivity contribution in [2.45, 2.75) is 38.1 Å². The molecule has 1 aliphatic rings. The lowest BCUT2D eigenvalue weighted by molar-refractivity contribution is -0.137. The maximum atomic E-state index is 13.7. The van der Waals surface area contributed by atoms with Crippen LogP contribution >= 0.6 is 0 Å². The van der Waals surface area contributed by atoms with Gasteiger partial charge in [-0.3, -0.25) is 4.79 Å². The van der Waals surface area contributed by atoms with Crippen molar-refractivity contribution in [3.05, 3.63) is 112 Å². The second kappa shape index (κ2) is 10.3. The Morgan fingerprint density at radius 3 is 2.14 bits per heavy atom. The van der Waals surface area contributed by atoms with Gasteiger partial charge in [-0.05, 0) is 36.6 Å². The van der Waals surface area contributed by atoms with Crippen LogP contribution in [0.25, 0.3) is 0 Å². The van der Waals surface area contributed by atoms with Gasteiger partial charge in [0.1, 0.15) is 12.3 Å². The highest BCUT2D eigenvalue weighted by Gasteiger charge is 2.37. The van der Waals surface area contributed by atoms with Crippen LogP contribution in [-0.4, -0.2) is 22.6 Å². The second-order valence-corrected chi connectivity index (χ2v) is 8.70. The van der Waals surface area contributed by atoms with E-state index in [0.29, 0.717) is 44.1 Å². The average molecular weight is 484 g/mol. The molecule has 8 heteroatoms. The highest BCUT2D eigenvalue weighted by atomic mass is 19.4. The van der Waals surface area contributed by atoms with E-state index in [0.717, 1.165) is 17.2 Å². The Hall–Kier alpha value is -3.68. The summed E-state index contributed by atoms with van der Waals surface area (Å²) in [4.78, 5) is 15.0. The molecule has 0 saturated carbocycles. The van der Waals surface area contributed by atoms with Crippen molar-refractivity contribution in [1.29, 1.82) is 0 Å². The number of benzene rings is 2. The van der Waals surface area contributed by atoms with Crippen LogP contribution in [0.1, 0.15) is 41.1 Å². The molecule has 3 aromatic rings. The van der Waals surface area contributed by atoms with Gasteiger partial charge >= 0.3 is 6.18 Å². The molecule has 2 aromatic carbocycles. The van der Waals surface area contributed by atoms with Crippen molar-refractivity contribution < 1.29 is 17.9 Å². The quantitative estimate of drug-likeness (QED) is 0.460. The normalized spacial score (nSPS) is 14.7. The lowest BCUT2D eigenvalue weighted by Crippen LogP contribution is -2.36. The number of alkyl halides is 3. The predicted octanol–water partition coefficient (Wildman–Crippen LogP) is 5.37. The summed E-state index contributed by atoms with van der Waals surface area (Å²) in [7, 11) is 0. The molecule has 0 radical (unpaired) electrons. The smallest absolute Gasteiger partial charge is 0.418 e. The number of nitrogen functional groups attached to an aromatic ring is 1. The lowest BCUT2D eigenvalue weighted by Gasteiger charge is -2.35. The van der Waals surface area contributed by atoms with E-state index in [1.165, 1.54) is 4.57 Å². The molecule has 5 nitrogen and oxygen atoms in total. The summed E-state index contributed by atoms with van der Waals surface area (Å²) in [5.41, 5.74) is 5.23. The van der Waals surface area contributed by atoms with E-state index in [1.807, 2.05) is 65.6 Å². The van der Waals surface area contributed by atoms with Gasteiger partial charge in [0.05, 0.1) is 12.1 Å². The third-order valence-corrected chi connectivity index (χ3v) is 6.37. The van der Waals surface area contributed by atoms with Crippen molar-refractivity contribution in [3.8, 4) is 0 Å².